The lowest BCUT2D eigenvalue weighted by Crippen LogP contribution is -2.27. The molecule has 0 spiro atoms. The second kappa shape index (κ2) is 7.03. The van der Waals surface area contributed by atoms with E-state index in [0.29, 0.717) is 19.0 Å². The van der Waals surface area contributed by atoms with Crippen LogP contribution in [0.1, 0.15) is 6.42 Å². The molecule has 90 valence electrons. The molecule has 0 aliphatic carbocycles. The first-order chi connectivity index (χ1) is 7.80. The van der Waals surface area contributed by atoms with Crippen LogP contribution in [0.2, 0.25) is 0 Å². The van der Waals surface area contributed by atoms with Crippen molar-refractivity contribution in [3.8, 4) is 5.88 Å². The van der Waals surface area contributed by atoms with E-state index in [1.807, 2.05) is 12.1 Å². The van der Waals surface area contributed by atoms with Crippen molar-refractivity contribution < 1.29 is 9.47 Å². The highest BCUT2D eigenvalue weighted by Crippen LogP contribution is 2.15. The number of nitrogens with zero attached hydrogens (tertiary/aromatic N) is 1. The highest BCUT2D eigenvalue weighted by molar-refractivity contribution is 5.45. The largest absolute Gasteiger partial charge is 0.481 e. The van der Waals surface area contributed by atoms with Gasteiger partial charge in [0.15, 0.2) is 0 Å². The number of hydrogen-bond donors (Lipinski definition) is 2. The van der Waals surface area contributed by atoms with Gasteiger partial charge in [0.25, 0.3) is 0 Å². The molecule has 3 N–H and O–H groups in total. The normalized spacial score (nSPS) is 12.2. The molecule has 1 heterocycles. The summed E-state index contributed by atoms with van der Waals surface area (Å²) in [6.45, 7) is 1.26. The lowest BCUT2D eigenvalue weighted by atomic mass is 10.2. The van der Waals surface area contributed by atoms with Gasteiger partial charge in [-0.05, 0) is 19.0 Å². The summed E-state index contributed by atoms with van der Waals surface area (Å²) in [5.41, 5.74) is 6.50. The fourth-order valence-corrected chi connectivity index (χ4v) is 1.45. The Morgan fingerprint density at radius 3 is 2.94 bits per heavy atom. The molecule has 0 amide bonds. The van der Waals surface area contributed by atoms with Crippen LogP contribution in [0.3, 0.4) is 0 Å². The van der Waals surface area contributed by atoms with E-state index >= 15 is 0 Å². The predicted octanol–water partition coefficient (Wildman–Crippen LogP) is 0.866. The van der Waals surface area contributed by atoms with Crippen LogP contribution in [0.4, 0.5) is 5.69 Å². The lowest BCUT2D eigenvalue weighted by molar-refractivity contribution is 0.183. The molecule has 0 bridgehead atoms. The molecule has 1 aromatic heterocycles. The first kappa shape index (κ1) is 12.7. The van der Waals surface area contributed by atoms with E-state index in [-0.39, 0.29) is 6.04 Å². The average molecular weight is 225 g/mol. The molecule has 0 aliphatic heterocycles. The van der Waals surface area contributed by atoms with Crippen molar-refractivity contribution in [2.45, 2.75) is 12.5 Å². The quantitative estimate of drug-likeness (QED) is 0.720. The Morgan fingerprint density at radius 2 is 2.31 bits per heavy atom. The van der Waals surface area contributed by atoms with E-state index in [9.17, 15) is 0 Å². The Balaban J connectivity index is 2.60. The number of rotatable bonds is 7. The number of nitrogens with one attached hydrogen (secondary N) is 1. The van der Waals surface area contributed by atoms with Gasteiger partial charge in [-0.1, -0.05) is 0 Å². The second-order valence-electron chi connectivity index (χ2n) is 3.46. The molecule has 0 saturated carbocycles. The number of anilines is 1. The molecule has 5 nitrogen and oxygen atoms in total. The van der Waals surface area contributed by atoms with E-state index in [1.165, 1.54) is 0 Å². The van der Waals surface area contributed by atoms with E-state index in [1.54, 1.807) is 20.4 Å². The van der Waals surface area contributed by atoms with E-state index in [4.69, 9.17) is 15.2 Å². The standard InChI is InChI=1S/C11H19N3O2/c1-15-8-10(3-5-12)14-9-4-6-13-11(7-9)16-2/h4,6-7,10H,3,5,8,12H2,1-2H3,(H,13,14). The Labute approximate surface area is 96.0 Å². The maximum absolute atomic E-state index is 5.54. The molecule has 1 rings (SSSR count). The van der Waals surface area contributed by atoms with Crippen LogP contribution in [0, 0.1) is 0 Å². The van der Waals surface area contributed by atoms with Crippen LogP contribution in [0.15, 0.2) is 18.3 Å². The molecule has 0 aromatic carbocycles. The van der Waals surface area contributed by atoms with Crippen molar-refractivity contribution in [1.29, 1.82) is 0 Å². The zero-order chi connectivity index (χ0) is 11.8. The van der Waals surface area contributed by atoms with Gasteiger partial charge in [0.1, 0.15) is 0 Å². The minimum Gasteiger partial charge on any atom is -0.481 e. The Hall–Kier alpha value is -1.33. The van der Waals surface area contributed by atoms with E-state index in [2.05, 4.69) is 10.3 Å². The van der Waals surface area contributed by atoms with Crippen LogP contribution in [0.25, 0.3) is 0 Å². The molecular formula is C11H19N3O2. The van der Waals surface area contributed by atoms with Gasteiger partial charge >= 0.3 is 0 Å². The molecule has 1 aromatic rings. The predicted molar refractivity (Wildman–Crippen MR) is 63.7 cm³/mol. The number of hydrogen-bond acceptors (Lipinski definition) is 5. The summed E-state index contributed by atoms with van der Waals surface area (Å²) in [5, 5.41) is 3.33. The molecule has 5 heteroatoms. The van der Waals surface area contributed by atoms with E-state index in [0.717, 1.165) is 12.1 Å². The molecule has 0 fully saturated rings. The third-order valence-corrected chi connectivity index (χ3v) is 2.20. The average Bonchev–Trinajstić information content (AvgIpc) is 2.30. The second-order valence-corrected chi connectivity index (χ2v) is 3.46. The fourth-order valence-electron chi connectivity index (χ4n) is 1.45. The highest BCUT2D eigenvalue weighted by atomic mass is 16.5. The molecular weight excluding hydrogens is 206 g/mol. The summed E-state index contributed by atoms with van der Waals surface area (Å²) in [5.74, 6) is 0.592. The molecule has 0 radical (unpaired) electrons. The Kier molecular flexibility index (Phi) is 5.60. The maximum atomic E-state index is 5.54. The SMILES string of the molecule is COCC(CCN)Nc1ccnc(OC)c1. The topological polar surface area (TPSA) is 69.4 Å². The van der Waals surface area contributed by atoms with Gasteiger partial charge in [-0.2, -0.15) is 0 Å². The van der Waals surface area contributed by atoms with Crippen molar-refractivity contribution in [3.63, 3.8) is 0 Å². The molecule has 0 saturated heterocycles. The summed E-state index contributed by atoms with van der Waals surface area (Å²) >= 11 is 0. The summed E-state index contributed by atoms with van der Waals surface area (Å²) < 4.78 is 10.2. The van der Waals surface area contributed by atoms with Crippen LogP contribution in [-0.2, 0) is 4.74 Å². The van der Waals surface area contributed by atoms with Gasteiger partial charge in [-0.3, -0.25) is 0 Å². The number of methoxy groups -OCH3 is 2. The van der Waals surface area contributed by atoms with E-state index < -0.39 is 0 Å². The van der Waals surface area contributed by atoms with Crippen LogP contribution in [0.5, 0.6) is 5.88 Å². The Bertz CT molecular complexity index is 301. The van der Waals surface area contributed by atoms with Crippen molar-refractivity contribution in [3.05, 3.63) is 18.3 Å². The first-order valence-corrected chi connectivity index (χ1v) is 5.25. The van der Waals surface area contributed by atoms with Gasteiger partial charge in [0.05, 0.1) is 19.8 Å². The molecule has 1 unspecified atom stereocenters. The minimum atomic E-state index is 0.210. The smallest absolute Gasteiger partial charge is 0.214 e. The maximum Gasteiger partial charge on any atom is 0.214 e. The third kappa shape index (κ3) is 4.04. The molecule has 1 atom stereocenters. The van der Waals surface area contributed by atoms with Crippen molar-refractivity contribution >= 4 is 5.69 Å². The number of ether oxygens (including phenoxy) is 2. The highest BCUT2D eigenvalue weighted by Gasteiger charge is 2.07. The number of nitrogens with two attached hydrogens (primary N) is 1. The minimum absolute atomic E-state index is 0.210. The number of pyridine rings is 1. The Morgan fingerprint density at radius 1 is 1.50 bits per heavy atom. The molecule has 16 heavy (non-hydrogen) atoms. The molecule has 0 aliphatic rings. The van der Waals surface area contributed by atoms with Crippen molar-refractivity contribution in [1.82, 2.24) is 4.98 Å². The zero-order valence-electron chi connectivity index (χ0n) is 9.77. The van der Waals surface area contributed by atoms with Crippen molar-refractivity contribution in [2.75, 3.05) is 32.7 Å². The monoisotopic (exact) mass is 225 g/mol. The van der Waals surface area contributed by atoms with Gasteiger partial charge in [0, 0.05) is 25.1 Å². The fraction of sp³-hybridized carbons (Fsp3) is 0.545. The van der Waals surface area contributed by atoms with Gasteiger partial charge < -0.3 is 20.5 Å². The van der Waals surface area contributed by atoms with Gasteiger partial charge in [0.2, 0.25) is 5.88 Å². The summed E-state index contributed by atoms with van der Waals surface area (Å²) in [4.78, 5) is 4.04. The third-order valence-electron chi connectivity index (χ3n) is 2.20. The van der Waals surface area contributed by atoms with Gasteiger partial charge in [-0.25, -0.2) is 4.98 Å². The summed E-state index contributed by atoms with van der Waals surface area (Å²) in [6.07, 6.45) is 2.56. The van der Waals surface area contributed by atoms with Crippen molar-refractivity contribution in [2.24, 2.45) is 5.73 Å². The lowest BCUT2D eigenvalue weighted by Gasteiger charge is -2.18. The summed E-state index contributed by atoms with van der Waals surface area (Å²) in [6, 6.07) is 3.95. The number of aromatic nitrogens is 1. The van der Waals surface area contributed by atoms with Crippen LogP contribution < -0.4 is 15.8 Å². The van der Waals surface area contributed by atoms with Crippen LogP contribution in [-0.4, -0.2) is 38.4 Å². The first-order valence-electron chi connectivity index (χ1n) is 5.25. The van der Waals surface area contributed by atoms with Gasteiger partial charge in [-0.15, -0.1) is 0 Å². The van der Waals surface area contributed by atoms with Crippen LogP contribution >= 0.6 is 0 Å². The summed E-state index contributed by atoms with van der Waals surface area (Å²) in [7, 11) is 3.27. The zero-order valence-corrected chi connectivity index (χ0v) is 9.77.